The molecule has 13 heavy (non-hydrogen) atoms. The second kappa shape index (κ2) is 5.22. The van der Waals surface area contributed by atoms with Gasteiger partial charge in [0.1, 0.15) is 0 Å². The molecule has 0 unspecified atom stereocenters. The van der Waals surface area contributed by atoms with E-state index >= 15 is 0 Å². The molecule has 0 heterocycles. The molecule has 3 nitrogen and oxygen atoms in total. The topological polar surface area (TPSA) is 46.3 Å². The monoisotopic (exact) mass is 186 g/mol. The van der Waals surface area contributed by atoms with Crippen molar-refractivity contribution in [3.63, 3.8) is 0 Å². The molecule has 0 aromatic heterocycles. The minimum atomic E-state index is -0.732. The Morgan fingerprint density at radius 2 is 1.92 bits per heavy atom. The van der Waals surface area contributed by atoms with Crippen molar-refractivity contribution in [3.05, 3.63) is 0 Å². The van der Waals surface area contributed by atoms with Crippen LogP contribution in [-0.4, -0.2) is 29.4 Å². The van der Waals surface area contributed by atoms with Crippen LogP contribution in [0.4, 0.5) is 0 Å². The second-order valence-corrected chi connectivity index (χ2v) is 3.96. The molecular weight excluding hydrogens is 164 g/mol. The Hall–Kier alpha value is -0.570. The number of carbonyl (C=O) groups is 1. The summed E-state index contributed by atoms with van der Waals surface area (Å²) in [6, 6.07) is 0. The summed E-state index contributed by atoms with van der Waals surface area (Å²) >= 11 is 0. The standard InChI is InChI=1S/C10H22N2O/c1-5-7-8-12(6-2)9(13)10(3,4)11/h5-8,11H2,1-4H3. The summed E-state index contributed by atoms with van der Waals surface area (Å²) in [7, 11) is 0. The number of carbonyl (C=O) groups excluding carboxylic acids is 1. The molecule has 0 aromatic rings. The predicted octanol–water partition coefficient (Wildman–Crippen LogP) is 1.37. The third kappa shape index (κ3) is 4.27. The van der Waals surface area contributed by atoms with E-state index < -0.39 is 5.54 Å². The fourth-order valence-corrected chi connectivity index (χ4v) is 1.16. The smallest absolute Gasteiger partial charge is 0.242 e. The predicted molar refractivity (Wildman–Crippen MR) is 55.4 cm³/mol. The number of hydrogen-bond acceptors (Lipinski definition) is 2. The number of rotatable bonds is 5. The van der Waals surface area contributed by atoms with Crippen molar-refractivity contribution < 1.29 is 4.79 Å². The van der Waals surface area contributed by atoms with Crippen LogP contribution in [0, 0.1) is 0 Å². The Labute approximate surface area is 81.3 Å². The van der Waals surface area contributed by atoms with Gasteiger partial charge in [0.05, 0.1) is 5.54 Å². The van der Waals surface area contributed by atoms with Gasteiger partial charge in [-0.15, -0.1) is 0 Å². The van der Waals surface area contributed by atoms with E-state index in [2.05, 4.69) is 6.92 Å². The molecule has 0 aliphatic carbocycles. The Kier molecular flexibility index (Phi) is 4.99. The van der Waals surface area contributed by atoms with Crippen molar-refractivity contribution in [3.8, 4) is 0 Å². The van der Waals surface area contributed by atoms with Crippen molar-refractivity contribution in [2.75, 3.05) is 13.1 Å². The highest BCUT2D eigenvalue weighted by Crippen LogP contribution is 2.05. The van der Waals surface area contributed by atoms with E-state index in [1.165, 1.54) is 0 Å². The lowest BCUT2D eigenvalue weighted by molar-refractivity contribution is -0.135. The van der Waals surface area contributed by atoms with Gasteiger partial charge in [-0.2, -0.15) is 0 Å². The van der Waals surface area contributed by atoms with Crippen LogP contribution in [0.3, 0.4) is 0 Å². The largest absolute Gasteiger partial charge is 0.341 e. The minimum Gasteiger partial charge on any atom is -0.341 e. The molecule has 0 aromatic carbocycles. The van der Waals surface area contributed by atoms with E-state index in [0.717, 1.165) is 25.9 Å². The lowest BCUT2D eigenvalue weighted by Crippen LogP contribution is -2.51. The summed E-state index contributed by atoms with van der Waals surface area (Å²) in [4.78, 5) is 13.5. The number of amides is 1. The van der Waals surface area contributed by atoms with E-state index in [-0.39, 0.29) is 5.91 Å². The Balaban J connectivity index is 4.16. The van der Waals surface area contributed by atoms with Crippen LogP contribution < -0.4 is 5.73 Å². The van der Waals surface area contributed by atoms with Crippen molar-refractivity contribution in [1.29, 1.82) is 0 Å². The fourth-order valence-electron chi connectivity index (χ4n) is 1.16. The van der Waals surface area contributed by atoms with E-state index in [1.807, 2.05) is 11.8 Å². The van der Waals surface area contributed by atoms with Crippen LogP contribution in [0.5, 0.6) is 0 Å². The minimum absolute atomic E-state index is 0.0449. The zero-order valence-corrected chi connectivity index (χ0v) is 9.26. The van der Waals surface area contributed by atoms with Gasteiger partial charge >= 0.3 is 0 Å². The highest BCUT2D eigenvalue weighted by Gasteiger charge is 2.26. The lowest BCUT2D eigenvalue weighted by Gasteiger charge is -2.28. The number of likely N-dealkylation sites (N-methyl/N-ethyl adjacent to an activating group) is 1. The number of unbranched alkanes of at least 4 members (excludes halogenated alkanes) is 1. The highest BCUT2D eigenvalue weighted by molar-refractivity contribution is 5.85. The maximum absolute atomic E-state index is 11.7. The fraction of sp³-hybridized carbons (Fsp3) is 0.900. The van der Waals surface area contributed by atoms with Crippen molar-refractivity contribution in [1.82, 2.24) is 4.90 Å². The summed E-state index contributed by atoms with van der Waals surface area (Å²) in [6.07, 6.45) is 2.16. The summed E-state index contributed by atoms with van der Waals surface area (Å²) in [5.74, 6) is 0.0449. The third-order valence-corrected chi connectivity index (χ3v) is 2.00. The van der Waals surface area contributed by atoms with Gasteiger partial charge in [0.25, 0.3) is 0 Å². The van der Waals surface area contributed by atoms with Gasteiger partial charge in [0.2, 0.25) is 5.91 Å². The molecule has 0 aliphatic rings. The van der Waals surface area contributed by atoms with E-state index in [1.54, 1.807) is 13.8 Å². The van der Waals surface area contributed by atoms with Gasteiger partial charge in [-0.05, 0) is 27.2 Å². The van der Waals surface area contributed by atoms with Crippen LogP contribution in [-0.2, 0) is 4.79 Å². The first-order valence-electron chi connectivity index (χ1n) is 5.01. The van der Waals surface area contributed by atoms with Gasteiger partial charge in [-0.25, -0.2) is 0 Å². The molecule has 1 amide bonds. The molecule has 0 spiro atoms. The molecule has 3 heteroatoms. The van der Waals surface area contributed by atoms with Crippen LogP contribution in [0.2, 0.25) is 0 Å². The van der Waals surface area contributed by atoms with Gasteiger partial charge in [0.15, 0.2) is 0 Å². The molecule has 0 radical (unpaired) electrons. The molecule has 2 N–H and O–H groups in total. The van der Waals surface area contributed by atoms with Gasteiger partial charge in [0, 0.05) is 13.1 Å². The van der Waals surface area contributed by atoms with E-state index in [0.29, 0.717) is 0 Å². The molecule has 0 atom stereocenters. The number of nitrogens with two attached hydrogens (primary N) is 1. The van der Waals surface area contributed by atoms with Crippen LogP contribution in [0.25, 0.3) is 0 Å². The van der Waals surface area contributed by atoms with Crippen molar-refractivity contribution in [2.24, 2.45) is 5.73 Å². The average molecular weight is 186 g/mol. The van der Waals surface area contributed by atoms with Crippen LogP contribution >= 0.6 is 0 Å². The SMILES string of the molecule is CCCCN(CC)C(=O)C(C)(C)N. The average Bonchev–Trinajstić information content (AvgIpc) is 2.04. The first-order valence-corrected chi connectivity index (χ1v) is 5.01. The summed E-state index contributed by atoms with van der Waals surface area (Å²) in [5.41, 5.74) is 5.00. The summed E-state index contributed by atoms with van der Waals surface area (Å²) < 4.78 is 0. The molecule has 0 rings (SSSR count). The van der Waals surface area contributed by atoms with Crippen molar-refractivity contribution >= 4 is 5.91 Å². The Morgan fingerprint density at radius 1 is 1.38 bits per heavy atom. The third-order valence-electron chi connectivity index (χ3n) is 2.00. The lowest BCUT2D eigenvalue weighted by atomic mass is 10.1. The first kappa shape index (κ1) is 12.4. The molecule has 0 saturated carbocycles. The molecule has 0 saturated heterocycles. The maximum Gasteiger partial charge on any atom is 0.242 e. The van der Waals surface area contributed by atoms with Gasteiger partial charge in [-0.3, -0.25) is 4.79 Å². The highest BCUT2D eigenvalue weighted by atomic mass is 16.2. The van der Waals surface area contributed by atoms with Crippen LogP contribution in [0.1, 0.15) is 40.5 Å². The normalized spacial score (nSPS) is 11.5. The molecule has 0 aliphatic heterocycles. The summed E-state index contributed by atoms with van der Waals surface area (Å²) in [5, 5.41) is 0. The number of nitrogens with zero attached hydrogens (tertiary/aromatic N) is 1. The quantitative estimate of drug-likeness (QED) is 0.705. The van der Waals surface area contributed by atoms with Gasteiger partial charge < -0.3 is 10.6 Å². The number of hydrogen-bond donors (Lipinski definition) is 1. The molecular formula is C10H22N2O. The second-order valence-electron chi connectivity index (χ2n) is 3.96. The van der Waals surface area contributed by atoms with Crippen molar-refractivity contribution in [2.45, 2.75) is 46.1 Å². The van der Waals surface area contributed by atoms with Crippen LogP contribution in [0.15, 0.2) is 0 Å². The molecule has 0 fully saturated rings. The Morgan fingerprint density at radius 3 is 2.23 bits per heavy atom. The molecule has 78 valence electrons. The van der Waals surface area contributed by atoms with E-state index in [9.17, 15) is 4.79 Å². The first-order chi connectivity index (χ1) is 5.93. The summed E-state index contributed by atoms with van der Waals surface area (Å²) in [6.45, 7) is 9.19. The molecule has 0 bridgehead atoms. The maximum atomic E-state index is 11.7. The van der Waals surface area contributed by atoms with Gasteiger partial charge in [-0.1, -0.05) is 13.3 Å². The van der Waals surface area contributed by atoms with E-state index in [4.69, 9.17) is 5.73 Å². The Bertz CT molecular complexity index is 161. The zero-order chi connectivity index (χ0) is 10.5. The zero-order valence-electron chi connectivity index (χ0n) is 9.26.